The van der Waals surface area contributed by atoms with Crippen LogP contribution in [0, 0.1) is 0 Å². The lowest BCUT2D eigenvalue weighted by Crippen LogP contribution is -1.99. The molecule has 0 amide bonds. The van der Waals surface area contributed by atoms with Crippen LogP contribution in [0.2, 0.25) is 0 Å². The van der Waals surface area contributed by atoms with Gasteiger partial charge in [-0.25, -0.2) is 0 Å². The first-order valence-corrected chi connectivity index (χ1v) is 5.30. The van der Waals surface area contributed by atoms with Crippen molar-refractivity contribution in [3.63, 3.8) is 0 Å². The molecule has 0 aromatic heterocycles. The number of nitrogens with two attached hydrogens (primary N) is 1. The Labute approximate surface area is 92.9 Å². The van der Waals surface area contributed by atoms with Crippen LogP contribution in [0.5, 0.6) is 5.75 Å². The standard InChI is InChI=1S/C11H14BrNO/c1-3-5-14-11-9(12)6-8(4-2)7-10(11)13/h3,6-7H,1,4-5,13H2,2H3. The molecule has 3 heteroatoms. The summed E-state index contributed by atoms with van der Waals surface area (Å²) in [6.45, 7) is 6.14. The van der Waals surface area contributed by atoms with Gasteiger partial charge in [0.2, 0.25) is 0 Å². The Balaban J connectivity index is 2.98. The van der Waals surface area contributed by atoms with Crippen LogP contribution in [0.4, 0.5) is 5.69 Å². The molecule has 1 aromatic rings. The molecule has 0 atom stereocenters. The van der Waals surface area contributed by atoms with Gasteiger partial charge in [-0.1, -0.05) is 19.6 Å². The molecule has 0 aliphatic heterocycles. The zero-order valence-corrected chi connectivity index (χ0v) is 9.80. The van der Waals surface area contributed by atoms with Crippen LogP contribution in [-0.2, 0) is 6.42 Å². The summed E-state index contributed by atoms with van der Waals surface area (Å²) in [6.07, 6.45) is 2.66. The molecule has 0 unspecified atom stereocenters. The molecule has 0 spiro atoms. The molecule has 1 aromatic carbocycles. The fraction of sp³-hybridized carbons (Fsp3) is 0.273. The Bertz CT molecular complexity index is 313. The Morgan fingerprint density at radius 1 is 1.57 bits per heavy atom. The van der Waals surface area contributed by atoms with Crippen molar-refractivity contribution < 1.29 is 4.74 Å². The number of ether oxygens (including phenoxy) is 1. The fourth-order valence-corrected chi connectivity index (χ4v) is 1.81. The number of benzene rings is 1. The van der Waals surface area contributed by atoms with Crippen molar-refractivity contribution in [3.8, 4) is 5.75 Å². The molecule has 0 heterocycles. The summed E-state index contributed by atoms with van der Waals surface area (Å²) in [4.78, 5) is 0. The Morgan fingerprint density at radius 2 is 2.29 bits per heavy atom. The molecule has 0 aliphatic carbocycles. The van der Waals surface area contributed by atoms with Crippen molar-refractivity contribution in [2.24, 2.45) is 0 Å². The highest BCUT2D eigenvalue weighted by atomic mass is 79.9. The Morgan fingerprint density at radius 3 is 2.79 bits per heavy atom. The van der Waals surface area contributed by atoms with Crippen LogP contribution in [0.25, 0.3) is 0 Å². The molecule has 1 rings (SSSR count). The first kappa shape index (κ1) is 11.1. The van der Waals surface area contributed by atoms with Gasteiger partial charge in [-0.05, 0) is 40.0 Å². The monoisotopic (exact) mass is 255 g/mol. The van der Waals surface area contributed by atoms with E-state index in [4.69, 9.17) is 10.5 Å². The number of nitrogen functional groups attached to an aromatic ring is 1. The number of rotatable bonds is 4. The molecular formula is C11H14BrNO. The second-order valence-electron chi connectivity index (χ2n) is 2.95. The predicted octanol–water partition coefficient (Wildman–Crippen LogP) is 3.16. The van der Waals surface area contributed by atoms with E-state index in [0.29, 0.717) is 18.0 Å². The van der Waals surface area contributed by atoms with E-state index in [1.807, 2.05) is 12.1 Å². The number of hydrogen-bond donors (Lipinski definition) is 1. The van der Waals surface area contributed by atoms with E-state index in [2.05, 4.69) is 29.4 Å². The van der Waals surface area contributed by atoms with E-state index in [1.54, 1.807) is 6.08 Å². The first-order chi connectivity index (χ1) is 6.69. The quantitative estimate of drug-likeness (QED) is 0.663. The molecule has 76 valence electrons. The molecule has 0 bridgehead atoms. The van der Waals surface area contributed by atoms with Gasteiger partial charge in [0.15, 0.2) is 5.75 Å². The van der Waals surface area contributed by atoms with Crippen LogP contribution in [0.15, 0.2) is 29.3 Å². The van der Waals surface area contributed by atoms with Gasteiger partial charge >= 0.3 is 0 Å². The van der Waals surface area contributed by atoms with Gasteiger partial charge in [-0.2, -0.15) is 0 Å². The summed E-state index contributed by atoms with van der Waals surface area (Å²) in [5, 5.41) is 0. The van der Waals surface area contributed by atoms with Crippen LogP contribution in [-0.4, -0.2) is 6.61 Å². The molecule has 0 saturated carbocycles. The van der Waals surface area contributed by atoms with Crippen molar-refractivity contribution in [1.29, 1.82) is 0 Å². The maximum Gasteiger partial charge on any atom is 0.156 e. The Hall–Kier alpha value is -0.960. The Kier molecular flexibility index (Phi) is 4.01. The van der Waals surface area contributed by atoms with Crippen molar-refractivity contribution in [3.05, 3.63) is 34.8 Å². The van der Waals surface area contributed by atoms with Crippen LogP contribution in [0.3, 0.4) is 0 Å². The van der Waals surface area contributed by atoms with E-state index in [0.717, 1.165) is 10.9 Å². The van der Waals surface area contributed by atoms with Crippen LogP contribution < -0.4 is 10.5 Å². The minimum absolute atomic E-state index is 0.467. The number of hydrogen-bond acceptors (Lipinski definition) is 2. The molecule has 0 fully saturated rings. The van der Waals surface area contributed by atoms with Gasteiger partial charge in [0.1, 0.15) is 6.61 Å². The largest absolute Gasteiger partial charge is 0.486 e. The van der Waals surface area contributed by atoms with E-state index in [-0.39, 0.29) is 0 Å². The highest BCUT2D eigenvalue weighted by Crippen LogP contribution is 2.32. The minimum Gasteiger partial charge on any atom is -0.486 e. The second-order valence-corrected chi connectivity index (χ2v) is 3.80. The molecule has 2 nitrogen and oxygen atoms in total. The van der Waals surface area contributed by atoms with Crippen LogP contribution >= 0.6 is 15.9 Å². The average Bonchev–Trinajstić information content (AvgIpc) is 2.16. The topological polar surface area (TPSA) is 35.2 Å². The van der Waals surface area contributed by atoms with Gasteiger partial charge < -0.3 is 10.5 Å². The molecule has 0 aliphatic rings. The van der Waals surface area contributed by atoms with E-state index < -0.39 is 0 Å². The molecule has 2 N–H and O–H groups in total. The van der Waals surface area contributed by atoms with E-state index in [9.17, 15) is 0 Å². The third-order valence-corrected chi connectivity index (χ3v) is 2.47. The molecule has 14 heavy (non-hydrogen) atoms. The predicted molar refractivity (Wildman–Crippen MR) is 63.6 cm³/mol. The number of anilines is 1. The molecule has 0 radical (unpaired) electrons. The summed E-state index contributed by atoms with van der Waals surface area (Å²) in [6, 6.07) is 3.96. The summed E-state index contributed by atoms with van der Waals surface area (Å²) >= 11 is 3.43. The number of aryl methyl sites for hydroxylation is 1. The molecule has 0 saturated heterocycles. The van der Waals surface area contributed by atoms with Crippen molar-refractivity contribution in [1.82, 2.24) is 0 Å². The van der Waals surface area contributed by atoms with Crippen molar-refractivity contribution in [2.45, 2.75) is 13.3 Å². The van der Waals surface area contributed by atoms with Crippen molar-refractivity contribution in [2.75, 3.05) is 12.3 Å². The summed E-state index contributed by atoms with van der Waals surface area (Å²) in [5.41, 5.74) is 7.71. The lowest BCUT2D eigenvalue weighted by molar-refractivity contribution is 0.363. The fourth-order valence-electron chi connectivity index (χ4n) is 1.17. The smallest absolute Gasteiger partial charge is 0.156 e. The summed E-state index contributed by atoms with van der Waals surface area (Å²) in [5.74, 6) is 0.696. The zero-order valence-electron chi connectivity index (χ0n) is 8.22. The van der Waals surface area contributed by atoms with E-state index in [1.165, 1.54) is 5.56 Å². The lowest BCUT2D eigenvalue weighted by Gasteiger charge is -2.10. The normalized spacial score (nSPS) is 9.86. The van der Waals surface area contributed by atoms with Crippen LogP contribution in [0.1, 0.15) is 12.5 Å². The summed E-state index contributed by atoms with van der Waals surface area (Å²) in [7, 11) is 0. The second kappa shape index (κ2) is 5.05. The molecular weight excluding hydrogens is 242 g/mol. The van der Waals surface area contributed by atoms with Gasteiger partial charge in [0.25, 0.3) is 0 Å². The van der Waals surface area contributed by atoms with Crippen molar-refractivity contribution >= 4 is 21.6 Å². The third-order valence-electron chi connectivity index (χ3n) is 1.89. The zero-order chi connectivity index (χ0) is 10.6. The highest BCUT2D eigenvalue weighted by molar-refractivity contribution is 9.10. The first-order valence-electron chi connectivity index (χ1n) is 4.50. The average molecular weight is 256 g/mol. The van der Waals surface area contributed by atoms with E-state index >= 15 is 0 Å². The third kappa shape index (κ3) is 2.51. The lowest BCUT2D eigenvalue weighted by atomic mass is 10.1. The summed E-state index contributed by atoms with van der Waals surface area (Å²) < 4.78 is 6.33. The van der Waals surface area contributed by atoms with Gasteiger partial charge in [-0.3, -0.25) is 0 Å². The van der Waals surface area contributed by atoms with Gasteiger partial charge in [-0.15, -0.1) is 0 Å². The maximum atomic E-state index is 5.85. The number of halogens is 1. The highest BCUT2D eigenvalue weighted by Gasteiger charge is 2.06. The minimum atomic E-state index is 0.467. The maximum absolute atomic E-state index is 5.85. The van der Waals surface area contributed by atoms with Gasteiger partial charge in [0.05, 0.1) is 10.2 Å². The van der Waals surface area contributed by atoms with Gasteiger partial charge in [0, 0.05) is 0 Å². The SMILES string of the molecule is C=CCOc1c(N)cc(CC)cc1Br.